The molecule has 3 nitrogen and oxygen atoms in total. The first-order valence-electron chi connectivity index (χ1n) is 5.27. The summed E-state index contributed by atoms with van der Waals surface area (Å²) in [5.74, 6) is 0.495. The third-order valence-corrected chi connectivity index (χ3v) is 3.63. The highest BCUT2D eigenvalue weighted by molar-refractivity contribution is 7.09. The Balaban J connectivity index is 2.60. The molecule has 0 bridgehead atoms. The molecule has 0 aliphatic carbocycles. The van der Waals surface area contributed by atoms with Gasteiger partial charge in [-0.2, -0.15) is 0 Å². The van der Waals surface area contributed by atoms with Crippen molar-refractivity contribution < 1.29 is 4.74 Å². The molecule has 2 N–H and O–H groups in total. The number of thiazole rings is 1. The van der Waals surface area contributed by atoms with Crippen molar-refractivity contribution in [1.82, 2.24) is 4.98 Å². The highest BCUT2D eigenvalue weighted by atomic mass is 32.1. The average molecular weight is 228 g/mol. The van der Waals surface area contributed by atoms with E-state index in [1.54, 1.807) is 18.4 Å². The molecule has 0 spiro atoms. The van der Waals surface area contributed by atoms with E-state index in [2.05, 4.69) is 24.2 Å². The molecule has 2 unspecified atom stereocenters. The van der Waals surface area contributed by atoms with Crippen LogP contribution in [0.1, 0.15) is 37.6 Å². The van der Waals surface area contributed by atoms with Crippen molar-refractivity contribution in [3.63, 3.8) is 0 Å². The highest BCUT2D eigenvalue weighted by Crippen LogP contribution is 2.21. The third kappa shape index (κ3) is 3.55. The van der Waals surface area contributed by atoms with E-state index in [1.807, 2.05) is 6.92 Å². The Kier molecular flexibility index (Phi) is 4.70. The quantitative estimate of drug-likeness (QED) is 0.841. The van der Waals surface area contributed by atoms with E-state index in [-0.39, 0.29) is 12.1 Å². The number of methoxy groups -OCH3 is 1. The molecule has 0 saturated carbocycles. The molecule has 86 valence electrons. The van der Waals surface area contributed by atoms with E-state index >= 15 is 0 Å². The summed E-state index contributed by atoms with van der Waals surface area (Å²) in [4.78, 5) is 4.52. The maximum atomic E-state index is 6.00. The van der Waals surface area contributed by atoms with Crippen LogP contribution in [0.15, 0.2) is 5.38 Å². The van der Waals surface area contributed by atoms with E-state index in [1.165, 1.54) is 0 Å². The summed E-state index contributed by atoms with van der Waals surface area (Å²) in [6.45, 7) is 6.27. The molecule has 2 atom stereocenters. The fourth-order valence-electron chi connectivity index (χ4n) is 1.18. The van der Waals surface area contributed by atoms with E-state index in [9.17, 15) is 0 Å². The van der Waals surface area contributed by atoms with Crippen LogP contribution in [0.2, 0.25) is 0 Å². The molecule has 0 saturated heterocycles. The molecule has 1 rings (SSSR count). The molecule has 0 fully saturated rings. The van der Waals surface area contributed by atoms with Gasteiger partial charge in [-0.1, -0.05) is 13.8 Å². The molecule has 0 radical (unpaired) electrons. The van der Waals surface area contributed by atoms with Crippen molar-refractivity contribution in [3.05, 3.63) is 16.1 Å². The van der Waals surface area contributed by atoms with Crippen LogP contribution in [-0.2, 0) is 11.2 Å². The number of hydrogen-bond donors (Lipinski definition) is 1. The Bertz CT molecular complexity index is 299. The monoisotopic (exact) mass is 228 g/mol. The number of nitrogens with zero attached hydrogens (tertiary/aromatic N) is 1. The number of rotatable bonds is 5. The standard InChI is InChI=1S/C11H20N2OS/c1-7(2)10(12)5-9-6-15-11(13-9)8(3)14-4/h6-8,10H,5,12H2,1-4H3. The number of aromatic nitrogens is 1. The Labute approximate surface area is 95.7 Å². The molecule has 0 aliphatic rings. The van der Waals surface area contributed by atoms with Gasteiger partial charge in [-0.3, -0.25) is 0 Å². The van der Waals surface area contributed by atoms with Crippen LogP contribution < -0.4 is 5.73 Å². The topological polar surface area (TPSA) is 48.1 Å². The molecule has 1 heterocycles. The van der Waals surface area contributed by atoms with Gasteiger partial charge in [-0.25, -0.2) is 4.98 Å². The highest BCUT2D eigenvalue weighted by Gasteiger charge is 2.13. The number of nitrogens with two attached hydrogens (primary N) is 1. The van der Waals surface area contributed by atoms with E-state index in [4.69, 9.17) is 10.5 Å². The summed E-state index contributed by atoms with van der Waals surface area (Å²) in [5, 5.41) is 3.11. The van der Waals surface area contributed by atoms with Crippen LogP contribution in [0.4, 0.5) is 0 Å². The minimum Gasteiger partial charge on any atom is -0.375 e. The number of hydrogen-bond acceptors (Lipinski definition) is 4. The van der Waals surface area contributed by atoms with Gasteiger partial charge in [0.2, 0.25) is 0 Å². The zero-order chi connectivity index (χ0) is 11.4. The van der Waals surface area contributed by atoms with Gasteiger partial charge in [0, 0.05) is 25.0 Å². The van der Waals surface area contributed by atoms with Crippen LogP contribution in [-0.4, -0.2) is 18.1 Å². The Morgan fingerprint density at radius 2 is 2.13 bits per heavy atom. The van der Waals surface area contributed by atoms with Gasteiger partial charge < -0.3 is 10.5 Å². The van der Waals surface area contributed by atoms with Crippen LogP contribution >= 0.6 is 11.3 Å². The molecular weight excluding hydrogens is 208 g/mol. The summed E-state index contributed by atoms with van der Waals surface area (Å²) >= 11 is 1.64. The van der Waals surface area contributed by atoms with Gasteiger partial charge in [0.1, 0.15) is 11.1 Å². The molecule has 0 aromatic carbocycles. The lowest BCUT2D eigenvalue weighted by Crippen LogP contribution is -2.28. The van der Waals surface area contributed by atoms with Crippen molar-refractivity contribution in [1.29, 1.82) is 0 Å². The number of ether oxygens (including phenoxy) is 1. The Morgan fingerprint density at radius 3 is 2.67 bits per heavy atom. The van der Waals surface area contributed by atoms with Crippen LogP contribution in [0.25, 0.3) is 0 Å². The maximum Gasteiger partial charge on any atom is 0.121 e. The first-order valence-corrected chi connectivity index (χ1v) is 6.15. The minimum atomic E-state index is 0.0824. The molecule has 15 heavy (non-hydrogen) atoms. The van der Waals surface area contributed by atoms with Crippen molar-refractivity contribution in [2.45, 2.75) is 39.3 Å². The van der Waals surface area contributed by atoms with E-state index in [0.29, 0.717) is 5.92 Å². The summed E-state index contributed by atoms with van der Waals surface area (Å²) in [6.07, 6.45) is 0.934. The smallest absolute Gasteiger partial charge is 0.121 e. The van der Waals surface area contributed by atoms with Gasteiger partial charge in [0.05, 0.1) is 5.69 Å². The molecule has 1 aromatic rings. The Hall–Kier alpha value is -0.450. The van der Waals surface area contributed by atoms with E-state index < -0.39 is 0 Å². The molecular formula is C11H20N2OS. The molecule has 1 aromatic heterocycles. The van der Waals surface area contributed by atoms with Crippen molar-refractivity contribution in [2.75, 3.05) is 7.11 Å². The second kappa shape index (κ2) is 5.58. The summed E-state index contributed by atoms with van der Waals surface area (Å²) in [6, 6.07) is 0.192. The largest absolute Gasteiger partial charge is 0.375 e. The predicted molar refractivity (Wildman–Crippen MR) is 64.1 cm³/mol. The fraction of sp³-hybridized carbons (Fsp3) is 0.727. The predicted octanol–water partition coefficient (Wildman–Crippen LogP) is 2.38. The third-order valence-electron chi connectivity index (χ3n) is 2.57. The zero-order valence-corrected chi connectivity index (χ0v) is 10.7. The Morgan fingerprint density at radius 1 is 1.47 bits per heavy atom. The van der Waals surface area contributed by atoms with Crippen LogP contribution in [0, 0.1) is 5.92 Å². The van der Waals surface area contributed by atoms with Gasteiger partial charge in [-0.15, -0.1) is 11.3 Å². The van der Waals surface area contributed by atoms with Crippen molar-refractivity contribution in [3.8, 4) is 0 Å². The molecule has 4 heteroatoms. The maximum absolute atomic E-state index is 6.00. The van der Waals surface area contributed by atoms with E-state index in [0.717, 1.165) is 17.1 Å². The normalized spacial score (nSPS) is 15.6. The van der Waals surface area contributed by atoms with Crippen LogP contribution in [0.3, 0.4) is 0 Å². The molecule has 0 amide bonds. The van der Waals surface area contributed by atoms with Crippen molar-refractivity contribution in [2.24, 2.45) is 11.7 Å². The summed E-state index contributed by atoms with van der Waals surface area (Å²) in [7, 11) is 1.70. The fourth-order valence-corrected chi connectivity index (χ4v) is 2.04. The SMILES string of the molecule is COC(C)c1nc(CC(N)C(C)C)cs1. The minimum absolute atomic E-state index is 0.0824. The zero-order valence-electron chi connectivity index (χ0n) is 9.86. The summed E-state index contributed by atoms with van der Waals surface area (Å²) < 4.78 is 5.22. The second-order valence-electron chi connectivity index (χ2n) is 4.17. The first-order chi connectivity index (χ1) is 7.04. The summed E-state index contributed by atoms with van der Waals surface area (Å²) in [5.41, 5.74) is 7.08. The first kappa shape index (κ1) is 12.6. The molecule has 0 aliphatic heterocycles. The van der Waals surface area contributed by atoms with Gasteiger partial charge in [0.15, 0.2) is 0 Å². The van der Waals surface area contributed by atoms with Gasteiger partial charge >= 0.3 is 0 Å². The lowest BCUT2D eigenvalue weighted by molar-refractivity contribution is 0.119. The average Bonchev–Trinajstić information content (AvgIpc) is 2.65. The van der Waals surface area contributed by atoms with Gasteiger partial charge in [-0.05, 0) is 12.8 Å². The second-order valence-corrected chi connectivity index (χ2v) is 5.06. The van der Waals surface area contributed by atoms with Gasteiger partial charge in [0.25, 0.3) is 0 Å². The van der Waals surface area contributed by atoms with Crippen molar-refractivity contribution >= 4 is 11.3 Å². The van der Waals surface area contributed by atoms with Crippen LogP contribution in [0.5, 0.6) is 0 Å². The lowest BCUT2D eigenvalue weighted by atomic mass is 10.0. The lowest BCUT2D eigenvalue weighted by Gasteiger charge is -2.13.